The van der Waals surface area contributed by atoms with Crippen LogP contribution in [0.4, 0.5) is 0 Å². The Morgan fingerprint density at radius 1 is 1.25 bits per heavy atom. The zero-order valence-electron chi connectivity index (χ0n) is 7.92. The molecule has 1 aliphatic rings. The van der Waals surface area contributed by atoms with Gasteiger partial charge in [-0.3, -0.25) is 0 Å². The number of rotatable bonds is 5. The van der Waals surface area contributed by atoms with Crippen LogP contribution in [0.1, 0.15) is 51.9 Å². The second-order valence-electron chi connectivity index (χ2n) is 4.10. The van der Waals surface area contributed by atoms with Crippen molar-refractivity contribution in [1.82, 2.24) is 0 Å². The maximum absolute atomic E-state index is 9.72. The average molecular weight is 172 g/mol. The van der Waals surface area contributed by atoms with Crippen LogP contribution in [-0.4, -0.2) is 21.9 Å². The van der Waals surface area contributed by atoms with Crippen LogP contribution in [0.3, 0.4) is 0 Å². The lowest BCUT2D eigenvalue weighted by Gasteiger charge is -2.41. The highest BCUT2D eigenvalue weighted by Gasteiger charge is 2.40. The first-order valence-corrected chi connectivity index (χ1v) is 5.07. The Bertz CT molecular complexity index is 128. The van der Waals surface area contributed by atoms with Crippen LogP contribution in [0.2, 0.25) is 0 Å². The van der Waals surface area contributed by atoms with E-state index in [2.05, 4.69) is 6.92 Å². The molecule has 0 aromatic rings. The first kappa shape index (κ1) is 10.0. The third-order valence-electron chi connectivity index (χ3n) is 2.73. The van der Waals surface area contributed by atoms with Gasteiger partial charge in [0.1, 0.15) is 0 Å². The van der Waals surface area contributed by atoms with Gasteiger partial charge < -0.3 is 10.2 Å². The standard InChI is InChI=1S/C10H20O2/c1-2-3-4-5-6-10(12)7-9(11)8-10/h9,11-12H,2-8H2,1H3. The summed E-state index contributed by atoms with van der Waals surface area (Å²) < 4.78 is 0. The Kier molecular flexibility index (Phi) is 3.53. The molecule has 0 heterocycles. The van der Waals surface area contributed by atoms with E-state index >= 15 is 0 Å². The van der Waals surface area contributed by atoms with Gasteiger partial charge in [-0.05, 0) is 6.42 Å². The van der Waals surface area contributed by atoms with Crippen molar-refractivity contribution in [2.75, 3.05) is 0 Å². The van der Waals surface area contributed by atoms with E-state index in [4.69, 9.17) is 5.11 Å². The van der Waals surface area contributed by atoms with Crippen molar-refractivity contribution in [3.05, 3.63) is 0 Å². The number of unbranched alkanes of at least 4 members (excludes halogenated alkanes) is 3. The summed E-state index contributed by atoms with van der Waals surface area (Å²) in [6.45, 7) is 2.18. The van der Waals surface area contributed by atoms with E-state index in [1.165, 1.54) is 19.3 Å². The van der Waals surface area contributed by atoms with Crippen molar-refractivity contribution in [2.24, 2.45) is 0 Å². The van der Waals surface area contributed by atoms with Gasteiger partial charge in [0.15, 0.2) is 0 Å². The van der Waals surface area contributed by atoms with Crippen molar-refractivity contribution in [1.29, 1.82) is 0 Å². The molecular formula is C10H20O2. The molecule has 72 valence electrons. The number of hydrogen-bond donors (Lipinski definition) is 2. The molecule has 1 fully saturated rings. The predicted molar refractivity (Wildman–Crippen MR) is 48.9 cm³/mol. The van der Waals surface area contributed by atoms with Crippen molar-refractivity contribution in [2.45, 2.75) is 63.6 Å². The third-order valence-corrected chi connectivity index (χ3v) is 2.73. The lowest BCUT2D eigenvalue weighted by molar-refractivity contribution is -0.118. The topological polar surface area (TPSA) is 40.5 Å². The quantitative estimate of drug-likeness (QED) is 0.621. The van der Waals surface area contributed by atoms with Gasteiger partial charge >= 0.3 is 0 Å². The van der Waals surface area contributed by atoms with E-state index in [0.29, 0.717) is 12.8 Å². The van der Waals surface area contributed by atoms with Gasteiger partial charge in [0.25, 0.3) is 0 Å². The van der Waals surface area contributed by atoms with Gasteiger partial charge in [0, 0.05) is 12.8 Å². The summed E-state index contributed by atoms with van der Waals surface area (Å²) in [4.78, 5) is 0. The Balaban J connectivity index is 2.00. The van der Waals surface area contributed by atoms with E-state index in [0.717, 1.165) is 12.8 Å². The van der Waals surface area contributed by atoms with Crippen LogP contribution in [0.5, 0.6) is 0 Å². The molecule has 1 saturated carbocycles. The number of hydrogen-bond acceptors (Lipinski definition) is 2. The van der Waals surface area contributed by atoms with Gasteiger partial charge in [-0.15, -0.1) is 0 Å². The molecule has 0 aliphatic heterocycles. The molecule has 1 rings (SSSR count). The average Bonchev–Trinajstić information content (AvgIpc) is 1.96. The maximum atomic E-state index is 9.72. The van der Waals surface area contributed by atoms with Crippen molar-refractivity contribution in [3.8, 4) is 0 Å². The highest BCUT2D eigenvalue weighted by Crippen LogP contribution is 2.36. The molecule has 2 N–H and O–H groups in total. The smallest absolute Gasteiger partial charge is 0.0697 e. The van der Waals surface area contributed by atoms with Gasteiger partial charge in [-0.25, -0.2) is 0 Å². The molecule has 2 heteroatoms. The summed E-state index contributed by atoms with van der Waals surface area (Å²) in [6.07, 6.45) is 6.66. The Labute approximate surface area is 74.6 Å². The molecule has 0 saturated heterocycles. The van der Waals surface area contributed by atoms with Crippen molar-refractivity contribution >= 4 is 0 Å². The van der Waals surface area contributed by atoms with E-state index in [1.54, 1.807) is 0 Å². The molecule has 0 atom stereocenters. The Morgan fingerprint density at radius 2 is 1.92 bits per heavy atom. The summed E-state index contributed by atoms with van der Waals surface area (Å²) >= 11 is 0. The molecule has 0 aromatic heterocycles. The maximum Gasteiger partial charge on any atom is 0.0697 e. The van der Waals surface area contributed by atoms with Crippen LogP contribution in [0.25, 0.3) is 0 Å². The zero-order valence-corrected chi connectivity index (χ0v) is 7.92. The van der Waals surface area contributed by atoms with Gasteiger partial charge in [-0.1, -0.05) is 32.6 Å². The fraction of sp³-hybridized carbons (Fsp3) is 1.00. The summed E-state index contributed by atoms with van der Waals surface area (Å²) in [5.74, 6) is 0. The highest BCUT2D eigenvalue weighted by atomic mass is 16.3. The summed E-state index contributed by atoms with van der Waals surface area (Å²) in [6, 6.07) is 0. The molecule has 0 spiro atoms. The summed E-state index contributed by atoms with van der Waals surface area (Å²) in [7, 11) is 0. The van der Waals surface area contributed by atoms with Crippen molar-refractivity contribution < 1.29 is 10.2 Å². The molecular weight excluding hydrogens is 152 g/mol. The number of aliphatic hydroxyl groups excluding tert-OH is 1. The first-order valence-electron chi connectivity index (χ1n) is 5.07. The predicted octanol–water partition coefficient (Wildman–Crippen LogP) is 1.84. The first-order chi connectivity index (χ1) is 5.66. The molecule has 0 aromatic carbocycles. The molecule has 12 heavy (non-hydrogen) atoms. The SMILES string of the molecule is CCCCCCC1(O)CC(O)C1. The second-order valence-corrected chi connectivity index (χ2v) is 4.10. The Hall–Kier alpha value is -0.0800. The van der Waals surface area contributed by atoms with E-state index in [9.17, 15) is 5.11 Å². The fourth-order valence-electron chi connectivity index (χ4n) is 1.90. The van der Waals surface area contributed by atoms with Crippen LogP contribution in [0, 0.1) is 0 Å². The minimum absolute atomic E-state index is 0.235. The lowest BCUT2D eigenvalue weighted by Crippen LogP contribution is -2.46. The molecule has 2 nitrogen and oxygen atoms in total. The lowest BCUT2D eigenvalue weighted by atomic mass is 9.74. The molecule has 1 aliphatic carbocycles. The minimum Gasteiger partial charge on any atom is -0.393 e. The Morgan fingerprint density at radius 3 is 2.42 bits per heavy atom. The van der Waals surface area contributed by atoms with Crippen molar-refractivity contribution in [3.63, 3.8) is 0 Å². The normalized spacial score (nSPS) is 34.8. The van der Waals surface area contributed by atoms with Gasteiger partial charge in [0.05, 0.1) is 11.7 Å². The minimum atomic E-state index is -0.507. The van der Waals surface area contributed by atoms with Crippen LogP contribution in [-0.2, 0) is 0 Å². The summed E-state index contributed by atoms with van der Waals surface area (Å²) in [5.41, 5.74) is -0.507. The molecule has 0 amide bonds. The van der Waals surface area contributed by atoms with E-state index in [-0.39, 0.29) is 6.10 Å². The largest absolute Gasteiger partial charge is 0.393 e. The van der Waals surface area contributed by atoms with E-state index < -0.39 is 5.60 Å². The zero-order chi connectivity index (χ0) is 9.03. The van der Waals surface area contributed by atoms with Gasteiger partial charge in [0.2, 0.25) is 0 Å². The van der Waals surface area contributed by atoms with Crippen LogP contribution >= 0.6 is 0 Å². The van der Waals surface area contributed by atoms with Crippen LogP contribution in [0.15, 0.2) is 0 Å². The third kappa shape index (κ3) is 2.76. The number of aliphatic hydroxyl groups is 2. The molecule has 0 bridgehead atoms. The fourth-order valence-corrected chi connectivity index (χ4v) is 1.90. The van der Waals surface area contributed by atoms with E-state index in [1.807, 2.05) is 0 Å². The highest BCUT2D eigenvalue weighted by molar-refractivity contribution is 4.93. The van der Waals surface area contributed by atoms with Gasteiger partial charge in [-0.2, -0.15) is 0 Å². The molecule has 0 unspecified atom stereocenters. The van der Waals surface area contributed by atoms with Crippen LogP contribution < -0.4 is 0 Å². The molecule has 0 radical (unpaired) electrons. The second kappa shape index (κ2) is 4.24. The monoisotopic (exact) mass is 172 g/mol. The summed E-state index contributed by atoms with van der Waals surface area (Å²) in [5, 5.41) is 18.7.